The van der Waals surface area contributed by atoms with Crippen molar-refractivity contribution >= 4 is 5.82 Å². The minimum atomic E-state index is 0.748. The highest BCUT2D eigenvalue weighted by Gasteiger charge is 2.15. The molecule has 2 heterocycles. The van der Waals surface area contributed by atoms with Gasteiger partial charge in [0.1, 0.15) is 5.82 Å². The zero-order chi connectivity index (χ0) is 12.8. The highest BCUT2D eigenvalue weighted by atomic mass is 16.5. The van der Waals surface area contributed by atoms with E-state index < -0.39 is 0 Å². The molecule has 0 amide bonds. The van der Waals surface area contributed by atoms with E-state index >= 15 is 0 Å². The zero-order valence-corrected chi connectivity index (χ0v) is 11.4. The molecule has 0 radical (unpaired) electrons. The molecule has 1 aliphatic heterocycles. The smallest absolute Gasteiger partial charge is 0.131 e. The van der Waals surface area contributed by atoms with Crippen LogP contribution in [0.4, 0.5) is 5.82 Å². The van der Waals surface area contributed by atoms with Crippen molar-refractivity contribution in [3.8, 4) is 0 Å². The summed E-state index contributed by atoms with van der Waals surface area (Å²) in [5.74, 6) is 1.16. The van der Waals surface area contributed by atoms with Gasteiger partial charge in [0.05, 0.1) is 6.61 Å². The summed E-state index contributed by atoms with van der Waals surface area (Å²) in [5.41, 5.74) is 2.52. The second-order valence-corrected chi connectivity index (χ2v) is 4.85. The number of nitrogens with one attached hydrogen (secondary N) is 1. The summed E-state index contributed by atoms with van der Waals surface area (Å²) in [7, 11) is 1.72. The number of hydrogen-bond donors (Lipinski definition) is 1. The molecule has 2 rings (SSSR count). The molecular formula is C14H23N3O. The summed E-state index contributed by atoms with van der Waals surface area (Å²) in [6, 6.07) is 2.24. The standard InChI is InChI=1S/C14H23N3O/c1-12-9-13(10-15-5-8-18-2)11-16-14(12)17-6-3-4-7-17/h9,11,15H,3-8,10H2,1-2H3. The maximum atomic E-state index is 5.01. The van der Waals surface area contributed by atoms with Gasteiger partial charge < -0.3 is 15.0 Å². The molecule has 0 bridgehead atoms. The number of nitrogens with zero attached hydrogens (tertiary/aromatic N) is 2. The van der Waals surface area contributed by atoms with Crippen LogP contribution in [-0.4, -0.2) is 38.3 Å². The summed E-state index contributed by atoms with van der Waals surface area (Å²) in [6.45, 7) is 6.94. The quantitative estimate of drug-likeness (QED) is 0.779. The first-order valence-electron chi connectivity index (χ1n) is 6.71. The molecule has 1 saturated heterocycles. The molecule has 0 aliphatic carbocycles. The second kappa shape index (κ2) is 6.71. The molecule has 4 nitrogen and oxygen atoms in total. The van der Waals surface area contributed by atoms with E-state index in [2.05, 4.69) is 28.2 Å². The molecule has 1 aromatic heterocycles. The normalized spacial score (nSPS) is 15.3. The molecular weight excluding hydrogens is 226 g/mol. The van der Waals surface area contributed by atoms with Gasteiger partial charge in [-0.15, -0.1) is 0 Å². The predicted octanol–water partition coefficient (Wildman–Crippen LogP) is 1.73. The van der Waals surface area contributed by atoms with Crippen LogP contribution in [0.3, 0.4) is 0 Å². The lowest BCUT2D eigenvalue weighted by Crippen LogP contribution is -2.21. The number of pyridine rings is 1. The first kappa shape index (κ1) is 13.3. The van der Waals surface area contributed by atoms with E-state index in [-0.39, 0.29) is 0 Å². The summed E-state index contributed by atoms with van der Waals surface area (Å²) < 4.78 is 5.01. The molecule has 0 spiro atoms. The van der Waals surface area contributed by atoms with Gasteiger partial charge in [-0.25, -0.2) is 4.98 Å². The van der Waals surface area contributed by atoms with Gasteiger partial charge in [0, 0.05) is 39.5 Å². The van der Waals surface area contributed by atoms with E-state index in [4.69, 9.17) is 4.74 Å². The molecule has 1 aliphatic rings. The van der Waals surface area contributed by atoms with Crippen LogP contribution in [0.15, 0.2) is 12.3 Å². The molecule has 0 atom stereocenters. The van der Waals surface area contributed by atoms with E-state index in [1.165, 1.54) is 24.0 Å². The van der Waals surface area contributed by atoms with Gasteiger partial charge in [-0.05, 0) is 37.0 Å². The molecule has 100 valence electrons. The van der Waals surface area contributed by atoms with Crippen LogP contribution < -0.4 is 10.2 Å². The lowest BCUT2D eigenvalue weighted by Gasteiger charge is -2.19. The van der Waals surface area contributed by atoms with E-state index in [1.54, 1.807) is 7.11 Å². The van der Waals surface area contributed by atoms with Crippen LogP contribution in [0.2, 0.25) is 0 Å². The largest absolute Gasteiger partial charge is 0.383 e. The fourth-order valence-corrected chi connectivity index (χ4v) is 2.39. The molecule has 0 saturated carbocycles. The number of methoxy groups -OCH3 is 1. The monoisotopic (exact) mass is 249 g/mol. The van der Waals surface area contributed by atoms with Crippen molar-refractivity contribution in [1.29, 1.82) is 0 Å². The third kappa shape index (κ3) is 3.43. The Kier molecular flexibility index (Phi) is 4.96. The van der Waals surface area contributed by atoms with E-state index in [9.17, 15) is 0 Å². The van der Waals surface area contributed by atoms with Gasteiger partial charge >= 0.3 is 0 Å². The van der Waals surface area contributed by atoms with Crippen LogP contribution in [0.5, 0.6) is 0 Å². The third-order valence-electron chi connectivity index (χ3n) is 3.32. The molecule has 1 fully saturated rings. The maximum Gasteiger partial charge on any atom is 0.131 e. The molecule has 1 aromatic rings. The van der Waals surface area contributed by atoms with E-state index in [0.717, 1.165) is 38.6 Å². The third-order valence-corrected chi connectivity index (χ3v) is 3.32. The predicted molar refractivity (Wildman–Crippen MR) is 74.0 cm³/mol. The van der Waals surface area contributed by atoms with Gasteiger partial charge in [0.2, 0.25) is 0 Å². The fourth-order valence-electron chi connectivity index (χ4n) is 2.39. The van der Waals surface area contributed by atoms with Crippen molar-refractivity contribution in [3.05, 3.63) is 23.4 Å². The van der Waals surface area contributed by atoms with Crippen LogP contribution in [-0.2, 0) is 11.3 Å². The fraction of sp³-hybridized carbons (Fsp3) is 0.643. The van der Waals surface area contributed by atoms with Crippen molar-refractivity contribution in [2.24, 2.45) is 0 Å². The van der Waals surface area contributed by atoms with Crippen molar-refractivity contribution in [2.45, 2.75) is 26.3 Å². The highest BCUT2D eigenvalue weighted by Crippen LogP contribution is 2.22. The minimum absolute atomic E-state index is 0.748. The Hall–Kier alpha value is -1.13. The summed E-state index contributed by atoms with van der Waals surface area (Å²) in [4.78, 5) is 7.00. The Balaban J connectivity index is 1.92. The first-order chi connectivity index (χ1) is 8.81. The topological polar surface area (TPSA) is 37.4 Å². The van der Waals surface area contributed by atoms with Crippen LogP contribution in [0.25, 0.3) is 0 Å². The summed E-state index contributed by atoms with van der Waals surface area (Å²) >= 11 is 0. The molecule has 1 N–H and O–H groups in total. The Morgan fingerprint density at radius 3 is 2.83 bits per heavy atom. The van der Waals surface area contributed by atoms with Crippen molar-refractivity contribution in [1.82, 2.24) is 10.3 Å². The van der Waals surface area contributed by atoms with Gasteiger partial charge in [-0.3, -0.25) is 0 Å². The van der Waals surface area contributed by atoms with Crippen LogP contribution in [0, 0.1) is 6.92 Å². The average Bonchev–Trinajstić information content (AvgIpc) is 2.88. The zero-order valence-electron chi connectivity index (χ0n) is 11.4. The minimum Gasteiger partial charge on any atom is -0.383 e. The van der Waals surface area contributed by atoms with Crippen molar-refractivity contribution in [3.63, 3.8) is 0 Å². The number of aryl methyl sites for hydroxylation is 1. The number of anilines is 1. The van der Waals surface area contributed by atoms with Crippen molar-refractivity contribution in [2.75, 3.05) is 38.3 Å². The average molecular weight is 249 g/mol. The van der Waals surface area contributed by atoms with E-state index in [0.29, 0.717) is 0 Å². The Morgan fingerprint density at radius 1 is 1.39 bits per heavy atom. The van der Waals surface area contributed by atoms with Crippen LogP contribution >= 0.6 is 0 Å². The lowest BCUT2D eigenvalue weighted by atomic mass is 10.2. The van der Waals surface area contributed by atoms with Gasteiger partial charge in [-0.2, -0.15) is 0 Å². The first-order valence-corrected chi connectivity index (χ1v) is 6.71. The Bertz CT molecular complexity index is 375. The van der Waals surface area contributed by atoms with E-state index in [1.807, 2.05) is 6.20 Å². The molecule has 0 aromatic carbocycles. The SMILES string of the molecule is COCCNCc1cnc(N2CCCC2)c(C)c1. The number of aromatic nitrogens is 1. The van der Waals surface area contributed by atoms with Gasteiger partial charge in [0.25, 0.3) is 0 Å². The van der Waals surface area contributed by atoms with Crippen molar-refractivity contribution < 1.29 is 4.74 Å². The number of hydrogen-bond acceptors (Lipinski definition) is 4. The summed E-state index contributed by atoms with van der Waals surface area (Å²) in [6.07, 6.45) is 4.57. The van der Waals surface area contributed by atoms with Crippen LogP contribution in [0.1, 0.15) is 24.0 Å². The number of ether oxygens (including phenoxy) is 1. The maximum absolute atomic E-state index is 5.01. The van der Waals surface area contributed by atoms with Gasteiger partial charge in [-0.1, -0.05) is 0 Å². The molecule has 0 unspecified atom stereocenters. The lowest BCUT2D eigenvalue weighted by molar-refractivity contribution is 0.199. The number of rotatable bonds is 6. The molecule has 4 heteroatoms. The second-order valence-electron chi connectivity index (χ2n) is 4.85. The Labute approximate surface area is 109 Å². The Morgan fingerprint density at radius 2 is 2.17 bits per heavy atom. The molecule has 18 heavy (non-hydrogen) atoms. The highest BCUT2D eigenvalue weighted by molar-refractivity contribution is 5.48. The van der Waals surface area contributed by atoms with Gasteiger partial charge in [0.15, 0.2) is 0 Å². The summed E-state index contributed by atoms with van der Waals surface area (Å²) in [5, 5.41) is 3.34.